The minimum atomic E-state index is -0.889. The molecule has 1 atom stereocenters. The Hall–Kier alpha value is -4.43. The maximum atomic E-state index is 13.6. The molecule has 1 aliphatic heterocycles. The maximum Gasteiger partial charge on any atom is 0.301 e. The number of ether oxygens (including phenoxy) is 2. The van der Waals surface area contributed by atoms with Crippen LogP contribution in [0, 0.1) is 6.92 Å². The molecule has 204 valence electrons. The Morgan fingerprint density at radius 2 is 1.88 bits per heavy atom. The first-order chi connectivity index (χ1) is 19.4. The number of aryl methyl sites for hydroxylation is 1. The van der Waals surface area contributed by atoms with E-state index in [1.807, 2.05) is 25.1 Å². The van der Waals surface area contributed by atoms with Crippen molar-refractivity contribution in [3.8, 4) is 11.5 Å². The molecule has 1 amide bonds. The molecular weight excluding hydrogens is 524 g/mol. The summed E-state index contributed by atoms with van der Waals surface area (Å²) in [6.07, 6.45) is 3.54. The summed E-state index contributed by atoms with van der Waals surface area (Å²) in [6.45, 7) is 8.63. The number of amides is 1. The van der Waals surface area contributed by atoms with Gasteiger partial charge in [-0.05, 0) is 60.9 Å². The lowest BCUT2D eigenvalue weighted by Gasteiger charge is -2.23. The van der Waals surface area contributed by atoms with Crippen molar-refractivity contribution >= 4 is 44.1 Å². The topological polar surface area (TPSA) is 89.0 Å². The molecule has 7 nitrogen and oxygen atoms in total. The van der Waals surface area contributed by atoms with Crippen molar-refractivity contribution in [2.75, 3.05) is 18.1 Å². The number of anilines is 1. The predicted molar refractivity (Wildman–Crippen MR) is 158 cm³/mol. The molecule has 1 aliphatic rings. The Morgan fingerprint density at radius 1 is 1.07 bits per heavy atom. The van der Waals surface area contributed by atoms with Crippen molar-refractivity contribution in [3.63, 3.8) is 0 Å². The van der Waals surface area contributed by atoms with E-state index in [1.54, 1.807) is 54.6 Å². The fourth-order valence-corrected chi connectivity index (χ4v) is 5.68. The second-order valence-electron chi connectivity index (χ2n) is 9.54. The highest BCUT2D eigenvalue weighted by Crippen LogP contribution is 2.44. The summed E-state index contributed by atoms with van der Waals surface area (Å²) in [5, 5.41) is 11.9. The number of fused-ring (bicyclic) bond motifs is 1. The van der Waals surface area contributed by atoms with Gasteiger partial charge >= 0.3 is 5.91 Å². The van der Waals surface area contributed by atoms with Crippen LogP contribution < -0.4 is 14.4 Å². The maximum absolute atomic E-state index is 13.6. The number of carbonyl (C=O) groups excluding carboxylic acids is 2. The van der Waals surface area contributed by atoms with Crippen LogP contribution in [0.2, 0.25) is 0 Å². The number of aliphatic hydroxyl groups excluding tert-OH is 1. The van der Waals surface area contributed by atoms with Gasteiger partial charge in [0.25, 0.3) is 5.78 Å². The Balaban J connectivity index is 1.62. The van der Waals surface area contributed by atoms with Crippen molar-refractivity contribution in [2.24, 2.45) is 0 Å². The van der Waals surface area contributed by atoms with Crippen LogP contribution in [-0.4, -0.2) is 35.0 Å². The van der Waals surface area contributed by atoms with E-state index in [2.05, 4.69) is 18.5 Å². The number of rotatable bonds is 10. The van der Waals surface area contributed by atoms with Gasteiger partial charge in [0.2, 0.25) is 0 Å². The van der Waals surface area contributed by atoms with Crippen molar-refractivity contribution in [1.29, 1.82) is 0 Å². The number of nitrogens with zero attached hydrogens (tertiary/aromatic N) is 2. The van der Waals surface area contributed by atoms with Crippen LogP contribution in [0.25, 0.3) is 16.0 Å². The summed E-state index contributed by atoms with van der Waals surface area (Å²) >= 11 is 1.33. The summed E-state index contributed by atoms with van der Waals surface area (Å²) in [5.41, 5.74) is 2.82. The predicted octanol–water partition coefficient (Wildman–Crippen LogP) is 6.97. The third kappa shape index (κ3) is 5.35. The van der Waals surface area contributed by atoms with Crippen LogP contribution in [0.4, 0.5) is 5.13 Å². The number of aliphatic hydroxyl groups is 1. The second kappa shape index (κ2) is 11.8. The lowest BCUT2D eigenvalue weighted by Crippen LogP contribution is -2.29. The minimum Gasteiger partial charge on any atom is -0.507 e. The smallest absolute Gasteiger partial charge is 0.301 e. The molecule has 40 heavy (non-hydrogen) atoms. The standard InChI is InChI=1S/C32H30N2O5S/c1-4-6-17-39-24-9-7-8-22(19-24)29(35)27-28(21-11-13-23(14-12-21)38-16-5-2)34(31(37)30(27)36)32-33-25-15-10-20(3)18-26(25)40-32/h5,7-15,18-19,28,35H,2,4,6,16-17H2,1,3H3/b29-27+. The molecule has 8 heteroatoms. The number of carbonyl (C=O) groups is 2. The fourth-order valence-electron chi connectivity index (χ4n) is 4.59. The first kappa shape index (κ1) is 27.1. The number of hydrogen-bond donors (Lipinski definition) is 1. The third-order valence-electron chi connectivity index (χ3n) is 6.62. The summed E-state index contributed by atoms with van der Waals surface area (Å²) < 4.78 is 12.3. The number of thiazole rings is 1. The van der Waals surface area contributed by atoms with E-state index >= 15 is 0 Å². The summed E-state index contributed by atoms with van der Waals surface area (Å²) in [5.74, 6) is -0.593. The molecule has 0 saturated carbocycles. The van der Waals surface area contributed by atoms with Gasteiger partial charge in [-0.1, -0.05) is 67.7 Å². The van der Waals surface area contributed by atoms with Gasteiger partial charge in [-0.15, -0.1) is 0 Å². The molecule has 1 fully saturated rings. The average molecular weight is 555 g/mol. The van der Waals surface area contributed by atoms with E-state index in [9.17, 15) is 14.7 Å². The molecule has 2 heterocycles. The van der Waals surface area contributed by atoms with E-state index in [-0.39, 0.29) is 11.3 Å². The molecule has 4 aromatic rings. The van der Waals surface area contributed by atoms with Gasteiger partial charge in [-0.25, -0.2) is 4.98 Å². The largest absolute Gasteiger partial charge is 0.507 e. The molecule has 1 N–H and O–H groups in total. The number of hydrogen-bond acceptors (Lipinski definition) is 7. The first-order valence-electron chi connectivity index (χ1n) is 13.2. The van der Waals surface area contributed by atoms with Crippen molar-refractivity contribution in [2.45, 2.75) is 32.7 Å². The van der Waals surface area contributed by atoms with Gasteiger partial charge in [0.15, 0.2) is 5.13 Å². The van der Waals surface area contributed by atoms with Crippen LogP contribution in [0.1, 0.15) is 42.5 Å². The van der Waals surface area contributed by atoms with Gasteiger partial charge in [-0.2, -0.15) is 0 Å². The molecule has 0 bridgehead atoms. The number of unbranched alkanes of at least 4 members (excludes halogenated alkanes) is 1. The highest BCUT2D eigenvalue weighted by atomic mass is 32.1. The molecule has 0 aliphatic carbocycles. The van der Waals surface area contributed by atoms with Crippen molar-refractivity contribution < 1.29 is 24.2 Å². The lowest BCUT2D eigenvalue weighted by atomic mass is 9.95. The molecule has 1 saturated heterocycles. The number of Topliss-reactive ketones (excluding diaryl/α,β-unsaturated/α-hetero) is 1. The lowest BCUT2D eigenvalue weighted by molar-refractivity contribution is -0.132. The average Bonchev–Trinajstić information content (AvgIpc) is 3.49. The second-order valence-corrected chi connectivity index (χ2v) is 10.5. The zero-order valence-electron chi connectivity index (χ0n) is 22.4. The van der Waals surface area contributed by atoms with Crippen LogP contribution in [0.15, 0.2) is 85.0 Å². The molecule has 0 radical (unpaired) electrons. The zero-order valence-corrected chi connectivity index (χ0v) is 23.2. The van der Waals surface area contributed by atoms with Gasteiger partial charge in [0.1, 0.15) is 23.9 Å². The van der Waals surface area contributed by atoms with E-state index in [4.69, 9.17) is 9.47 Å². The Bertz CT molecular complexity index is 1610. The molecule has 0 spiro atoms. The fraction of sp³-hybridized carbons (Fsp3) is 0.219. The van der Waals surface area contributed by atoms with Gasteiger partial charge in [-0.3, -0.25) is 14.5 Å². The SMILES string of the molecule is C=CCOc1ccc(C2/C(=C(\O)c3cccc(OCCCC)c3)C(=O)C(=O)N2c2nc3ccc(C)cc3s2)cc1. The van der Waals surface area contributed by atoms with E-state index in [0.29, 0.717) is 41.0 Å². The summed E-state index contributed by atoms with van der Waals surface area (Å²) in [7, 11) is 0. The minimum absolute atomic E-state index is 0.00842. The Labute approximate surface area is 237 Å². The van der Waals surface area contributed by atoms with Crippen LogP contribution in [0.5, 0.6) is 11.5 Å². The molecule has 1 aromatic heterocycles. The monoisotopic (exact) mass is 554 g/mol. The van der Waals surface area contributed by atoms with Crippen LogP contribution in [-0.2, 0) is 9.59 Å². The van der Waals surface area contributed by atoms with E-state index < -0.39 is 17.7 Å². The third-order valence-corrected chi connectivity index (χ3v) is 7.64. The number of aromatic nitrogens is 1. The van der Waals surface area contributed by atoms with Gasteiger partial charge < -0.3 is 14.6 Å². The first-order valence-corrected chi connectivity index (χ1v) is 14.0. The molecule has 3 aromatic carbocycles. The van der Waals surface area contributed by atoms with Gasteiger partial charge in [0, 0.05) is 5.56 Å². The quantitative estimate of drug-likeness (QED) is 0.0748. The Morgan fingerprint density at radius 3 is 2.62 bits per heavy atom. The number of benzene rings is 3. The summed E-state index contributed by atoms with van der Waals surface area (Å²) in [6, 6.07) is 19.0. The molecule has 5 rings (SSSR count). The van der Waals surface area contributed by atoms with Crippen LogP contribution >= 0.6 is 11.3 Å². The highest BCUT2D eigenvalue weighted by Gasteiger charge is 2.48. The van der Waals surface area contributed by atoms with Crippen LogP contribution in [0.3, 0.4) is 0 Å². The van der Waals surface area contributed by atoms with Gasteiger partial charge in [0.05, 0.1) is 28.4 Å². The zero-order chi connectivity index (χ0) is 28.2. The van der Waals surface area contributed by atoms with E-state index in [0.717, 1.165) is 28.6 Å². The Kier molecular flexibility index (Phi) is 7.98. The van der Waals surface area contributed by atoms with Crippen molar-refractivity contribution in [3.05, 3.63) is 102 Å². The summed E-state index contributed by atoms with van der Waals surface area (Å²) in [4.78, 5) is 33.2. The number of ketones is 1. The van der Waals surface area contributed by atoms with Crippen molar-refractivity contribution in [1.82, 2.24) is 4.98 Å². The van der Waals surface area contributed by atoms with E-state index in [1.165, 1.54) is 16.2 Å². The molecular formula is C32H30N2O5S. The molecule has 1 unspecified atom stereocenters. The highest BCUT2D eigenvalue weighted by molar-refractivity contribution is 7.22. The normalized spacial score (nSPS) is 16.4.